The van der Waals surface area contributed by atoms with Crippen molar-refractivity contribution in [2.75, 3.05) is 11.1 Å². The first-order chi connectivity index (χ1) is 9.65. The van der Waals surface area contributed by atoms with Crippen molar-refractivity contribution in [2.45, 2.75) is 13.3 Å². The number of halogens is 1. The monoisotopic (exact) mass is 396 g/mol. The number of nitrogens with one attached hydrogen (secondary N) is 1. The number of aromatic nitrogens is 2. The van der Waals surface area contributed by atoms with Crippen molar-refractivity contribution < 1.29 is 0 Å². The fourth-order valence-electron chi connectivity index (χ4n) is 1.96. The Morgan fingerprint density at radius 3 is 2.90 bits per heavy atom. The second-order valence-electron chi connectivity index (χ2n) is 4.35. The lowest BCUT2D eigenvalue weighted by Gasteiger charge is -2.07. The van der Waals surface area contributed by atoms with E-state index in [2.05, 4.69) is 63.0 Å². The molecule has 0 saturated carbocycles. The number of thiophene rings is 1. The van der Waals surface area contributed by atoms with Gasteiger partial charge in [-0.05, 0) is 53.3 Å². The van der Waals surface area contributed by atoms with Gasteiger partial charge in [-0.1, -0.05) is 13.0 Å². The number of hydrogen-bond acceptors (Lipinski definition) is 5. The molecule has 3 N–H and O–H groups in total. The smallest absolute Gasteiger partial charge is 0.223 e. The molecule has 0 amide bonds. The molecule has 2 heterocycles. The summed E-state index contributed by atoms with van der Waals surface area (Å²) in [6.07, 6.45) is 0.990. The van der Waals surface area contributed by atoms with Gasteiger partial charge < -0.3 is 11.1 Å². The van der Waals surface area contributed by atoms with Gasteiger partial charge in [0.2, 0.25) is 5.95 Å². The predicted molar refractivity (Wildman–Crippen MR) is 93.6 cm³/mol. The highest BCUT2D eigenvalue weighted by molar-refractivity contribution is 14.1. The average Bonchev–Trinajstić information content (AvgIpc) is 2.82. The van der Waals surface area contributed by atoms with Gasteiger partial charge in [-0.15, -0.1) is 11.3 Å². The summed E-state index contributed by atoms with van der Waals surface area (Å²) in [6, 6.07) is 10.3. The zero-order valence-electron chi connectivity index (χ0n) is 10.9. The van der Waals surface area contributed by atoms with Gasteiger partial charge >= 0.3 is 0 Å². The largest absolute Gasteiger partial charge is 0.368 e. The van der Waals surface area contributed by atoms with Crippen molar-refractivity contribution in [2.24, 2.45) is 0 Å². The second-order valence-corrected chi connectivity index (χ2v) is 6.71. The zero-order valence-corrected chi connectivity index (χ0v) is 13.8. The van der Waals surface area contributed by atoms with Crippen LogP contribution in [0.15, 0.2) is 30.3 Å². The molecule has 0 unspecified atom stereocenters. The van der Waals surface area contributed by atoms with Crippen molar-refractivity contribution in [3.05, 3.63) is 38.8 Å². The summed E-state index contributed by atoms with van der Waals surface area (Å²) < 4.78 is 1.17. The van der Waals surface area contributed by atoms with Crippen LogP contribution in [0.25, 0.3) is 10.2 Å². The van der Waals surface area contributed by atoms with Gasteiger partial charge in [0.15, 0.2) is 0 Å². The van der Waals surface area contributed by atoms with Crippen LogP contribution in [0.2, 0.25) is 0 Å². The minimum atomic E-state index is 0.301. The molecule has 0 atom stereocenters. The maximum atomic E-state index is 5.80. The summed E-state index contributed by atoms with van der Waals surface area (Å²) in [5.41, 5.74) is 6.80. The molecule has 0 bridgehead atoms. The number of aryl methyl sites for hydroxylation is 1. The van der Waals surface area contributed by atoms with Crippen LogP contribution in [0.5, 0.6) is 0 Å². The first-order valence-electron chi connectivity index (χ1n) is 6.24. The van der Waals surface area contributed by atoms with Crippen molar-refractivity contribution in [3.8, 4) is 0 Å². The van der Waals surface area contributed by atoms with Crippen LogP contribution in [0.3, 0.4) is 0 Å². The molecule has 3 aromatic rings. The minimum absolute atomic E-state index is 0.301. The van der Waals surface area contributed by atoms with Gasteiger partial charge in [0, 0.05) is 14.1 Å². The second kappa shape index (κ2) is 5.53. The molecular formula is C14H13IN4S. The molecule has 6 heteroatoms. The van der Waals surface area contributed by atoms with E-state index in [0.29, 0.717) is 5.95 Å². The standard InChI is InChI=1S/C14H13IN4S/c1-2-10-7-11-12(18-14(16)19-13(11)20-10)17-9-5-3-4-8(15)6-9/h3-7H,2H2,1H3,(H3,16,17,18,19). The first kappa shape index (κ1) is 13.6. The maximum Gasteiger partial charge on any atom is 0.223 e. The topological polar surface area (TPSA) is 63.8 Å². The van der Waals surface area contributed by atoms with Gasteiger partial charge in [-0.3, -0.25) is 0 Å². The summed E-state index contributed by atoms with van der Waals surface area (Å²) >= 11 is 3.95. The van der Waals surface area contributed by atoms with E-state index in [0.717, 1.165) is 28.1 Å². The normalized spacial score (nSPS) is 10.9. The Kier molecular flexibility index (Phi) is 3.75. The average molecular weight is 396 g/mol. The number of nitrogens with two attached hydrogens (primary N) is 1. The third kappa shape index (κ3) is 2.71. The van der Waals surface area contributed by atoms with Crippen molar-refractivity contribution in [1.29, 1.82) is 0 Å². The highest BCUT2D eigenvalue weighted by Gasteiger charge is 2.10. The molecular weight excluding hydrogens is 383 g/mol. The lowest BCUT2D eigenvalue weighted by molar-refractivity contribution is 1.19. The van der Waals surface area contributed by atoms with E-state index in [4.69, 9.17) is 5.73 Å². The number of hydrogen-bond donors (Lipinski definition) is 2. The highest BCUT2D eigenvalue weighted by atomic mass is 127. The van der Waals surface area contributed by atoms with Crippen LogP contribution in [0.4, 0.5) is 17.5 Å². The Bertz CT molecular complexity index is 769. The maximum absolute atomic E-state index is 5.80. The van der Waals surface area contributed by atoms with Crippen LogP contribution in [0.1, 0.15) is 11.8 Å². The molecule has 0 radical (unpaired) electrons. The third-order valence-corrected chi connectivity index (χ3v) is 4.74. The quantitative estimate of drug-likeness (QED) is 0.652. The van der Waals surface area contributed by atoms with E-state index >= 15 is 0 Å². The SMILES string of the molecule is CCc1cc2c(Nc3cccc(I)c3)nc(N)nc2s1. The molecule has 0 spiro atoms. The molecule has 102 valence electrons. The van der Waals surface area contributed by atoms with Gasteiger partial charge in [0.25, 0.3) is 0 Å². The van der Waals surface area contributed by atoms with Gasteiger partial charge in [0.05, 0.1) is 5.39 Å². The van der Waals surface area contributed by atoms with Crippen LogP contribution in [-0.2, 0) is 6.42 Å². The minimum Gasteiger partial charge on any atom is -0.368 e. The number of fused-ring (bicyclic) bond motifs is 1. The molecule has 0 fully saturated rings. The molecule has 3 rings (SSSR count). The number of nitrogens with zero attached hydrogens (tertiary/aromatic N) is 2. The third-order valence-electron chi connectivity index (χ3n) is 2.90. The van der Waals surface area contributed by atoms with Crippen LogP contribution in [0, 0.1) is 3.57 Å². The Balaban J connectivity index is 2.08. The molecule has 0 aliphatic rings. The van der Waals surface area contributed by atoms with Crippen molar-refractivity contribution >= 4 is 61.6 Å². The highest BCUT2D eigenvalue weighted by Crippen LogP contribution is 2.31. The lowest BCUT2D eigenvalue weighted by atomic mass is 10.3. The van der Waals surface area contributed by atoms with Crippen LogP contribution < -0.4 is 11.1 Å². The molecule has 0 aliphatic heterocycles. The number of rotatable bonds is 3. The Morgan fingerprint density at radius 1 is 1.30 bits per heavy atom. The zero-order chi connectivity index (χ0) is 14.1. The molecule has 1 aromatic carbocycles. The number of nitrogen functional groups attached to an aromatic ring is 1. The molecule has 0 aliphatic carbocycles. The molecule has 2 aromatic heterocycles. The molecule has 20 heavy (non-hydrogen) atoms. The summed E-state index contributed by atoms with van der Waals surface area (Å²) in [5, 5.41) is 4.36. The Morgan fingerprint density at radius 2 is 2.15 bits per heavy atom. The van der Waals surface area contributed by atoms with E-state index in [1.165, 1.54) is 8.45 Å². The fraction of sp³-hybridized carbons (Fsp3) is 0.143. The van der Waals surface area contributed by atoms with E-state index in [-0.39, 0.29) is 0 Å². The summed E-state index contributed by atoms with van der Waals surface area (Å²) in [7, 11) is 0. The van der Waals surface area contributed by atoms with Gasteiger partial charge in [0.1, 0.15) is 10.6 Å². The summed E-state index contributed by atoms with van der Waals surface area (Å²) in [4.78, 5) is 10.9. The summed E-state index contributed by atoms with van der Waals surface area (Å²) in [6.45, 7) is 2.13. The van der Waals surface area contributed by atoms with Gasteiger partial charge in [-0.25, -0.2) is 4.98 Å². The Hall–Kier alpha value is -1.41. The van der Waals surface area contributed by atoms with Crippen LogP contribution in [-0.4, -0.2) is 9.97 Å². The summed E-state index contributed by atoms with van der Waals surface area (Å²) in [5.74, 6) is 1.07. The first-order valence-corrected chi connectivity index (χ1v) is 8.13. The fourth-order valence-corrected chi connectivity index (χ4v) is 3.48. The van der Waals surface area contributed by atoms with Crippen molar-refractivity contribution in [1.82, 2.24) is 9.97 Å². The van der Waals surface area contributed by atoms with E-state index in [9.17, 15) is 0 Å². The van der Waals surface area contributed by atoms with E-state index in [1.54, 1.807) is 11.3 Å². The number of anilines is 3. The molecule has 0 saturated heterocycles. The van der Waals surface area contributed by atoms with Crippen molar-refractivity contribution in [3.63, 3.8) is 0 Å². The van der Waals surface area contributed by atoms with E-state index in [1.807, 2.05) is 12.1 Å². The predicted octanol–water partition coefficient (Wildman–Crippen LogP) is 4.18. The van der Waals surface area contributed by atoms with Gasteiger partial charge in [-0.2, -0.15) is 4.98 Å². The van der Waals surface area contributed by atoms with Crippen LogP contribution >= 0.6 is 33.9 Å². The lowest BCUT2D eigenvalue weighted by Crippen LogP contribution is -2.00. The number of benzene rings is 1. The Labute approximate surface area is 134 Å². The van der Waals surface area contributed by atoms with E-state index < -0.39 is 0 Å². The molecule has 4 nitrogen and oxygen atoms in total.